The first-order valence-electron chi connectivity index (χ1n) is 6.37. The smallest absolute Gasteiger partial charge is 0.418 e. The van der Waals surface area contributed by atoms with Gasteiger partial charge in [0, 0.05) is 12.1 Å². The molecule has 0 spiro atoms. The van der Waals surface area contributed by atoms with Crippen LogP contribution in [0.4, 0.5) is 48.0 Å². The molecule has 2 aromatic carbocycles. The highest BCUT2D eigenvalue weighted by Gasteiger charge is 2.48. The van der Waals surface area contributed by atoms with Gasteiger partial charge in [0.25, 0.3) is 0 Å². The van der Waals surface area contributed by atoms with E-state index in [-0.39, 0.29) is 10.8 Å². The first kappa shape index (κ1) is 20.3. The van der Waals surface area contributed by atoms with Gasteiger partial charge < -0.3 is 17.3 Å². The van der Waals surface area contributed by atoms with Gasteiger partial charge in [-0.25, -0.2) is 17.6 Å². The summed E-state index contributed by atoms with van der Waals surface area (Å²) in [5.41, 5.74) is -4.81. The molecule has 0 amide bonds. The first-order valence-corrected chi connectivity index (χ1v) is 7.59. The molecule has 0 fully saturated rings. The van der Waals surface area contributed by atoms with E-state index >= 15 is 0 Å². The highest BCUT2D eigenvalue weighted by atomic mass is 32.2. The first-order chi connectivity index (χ1) is 11.7. The largest absolute Gasteiger partial charge is 0.673 e. The van der Waals surface area contributed by atoms with Crippen molar-refractivity contribution < 1.29 is 48.0 Å². The zero-order valence-corrected chi connectivity index (χ0v) is 12.8. The van der Waals surface area contributed by atoms with Gasteiger partial charge in [-0.05, 0) is 12.1 Å². The molecule has 0 aliphatic heterocycles. The average Bonchev–Trinajstić information content (AvgIpc) is 2.71. The van der Waals surface area contributed by atoms with E-state index in [2.05, 4.69) is 0 Å². The van der Waals surface area contributed by atoms with Gasteiger partial charge in [0.1, 0.15) is 10.5 Å². The van der Waals surface area contributed by atoms with E-state index in [1.807, 2.05) is 0 Å². The van der Waals surface area contributed by atoms with Crippen molar-refractivity contribution in [1.82, 2.24) is 0 Å². The molecule has 0 nitrogen and oxygen atoms in total. The normalized spacial score (nSPS) is 12.4. The third-order valence-corrected chi connectivity index (χ3v) is 5.02. The Balaban J connectivity index is 0.000000431. The highest BCUT2D eigenvalue weighted by molar-refractivity contribution is 7.43. The van der Waals surface area contributed by atoms with Crippen LogP contribution in [0.5, 0.6) is 0 Å². The van der Waals surface area contributed by atoms with Crippen LogP contribution in [0, 0.1) is 23.3 Å². The van der Waals surface area contributed by atoms with Crippen molar-refractivity contribution in [3.63, 3.8) is 0 Å². The summed E-state index contributed by atoms with van der Waals surface area (Å²) in [7, 11) is -8.64. The van der Waals surface area contributed by atoms with Crippen LogP contribution in [0.2, 0.25) is 0 Å². The Labute approximate surface area is 139 Å². The lowest BCUT2D eigenvalue weighted by Crippen LogP contribution is -2.02. The lowest BCUT2D eigenvalue weighted by Gasteiger charge is -1.97. The molecule has 142 valence electrons. The predicted molar refractivity (Wildman–Crippen MR) is 75.2 cm³/mol. The summed E-state index contributed by atoms with van der Waals surface area (Å²) in [6.07, 6.45) is 0. The Kier molecular flexibility index (Phi) is 5.14. The van der Waals surface area contributed by atoms with E-state index < -0.39 is 55.9 Å². The van der Waals surface area contributed by atoms with Crippen LogP contribution in [0.3, 0.4) is 0 Å². The lowest BCUT2D eigenvalue weighted by molar-refractivity contribution is -0.0862. The van der Waals surface area contributed by atoms with Crippen molar-refractivity contribution in [2.45, 2.75) is 5.51 Å². The van der Waals surface area contributed by atoms with Crippen molar-refractivity contribution in [2.75, 3.05) is 0 Å². The molecule has 3 aromatic rings. The molecule has 0 N–H and O–H groups in total. The molecule has 0 aliphatic carbocycles. The second kappa shape index (κ2) is 6.60. The van der Waals surface area contributed by atoms with Crippen molar-refractivity contribution in [2.24, 2.45) is 0 Å². The number of hydrogen-bond donors (Lipinski definition) is 0. The standard InChI is InChI=1S/C13H4F7S.BF4/c14-7-1-5-6-2-8(15)10(17)4-12(6)21(13(18,19)20)11(5)3-9(7)16;2-1(3,4)5/h1-4H;/q+1;-1. The van der Waals surface area contributed by atoms with E-state index in [1.54, 1.807) is 0 Å². The van der Waals surface area contributed by atoms with E-state index in [0.29, 0.717) is 24.3 Å². The fraction of sp³-hybridized carbons (Fsp3) is 0.0769. The molecule has 13 heteroatoms. The molecule has 0 bridgehead atoms. The Hall–Kier alpha value is -2.05. The molecule has 0 atom stereocenters. The number of alkyl halides is 3. The van der Waals surface area contributed by atoms with Gasteiger partial charge in [0.05, 0.1) is 10.8 Å². The third-order valence-electron chi connectivity index (χ3n) is 3.01. The van der Waals surface area contributed by atoms with E-state index in [0.717, 1.165) is 0 Å². The maximum absolute atomic E-state index is 13.3. The fourth-order valence-electron chi connectivity index (χ4n) is 2.18. The minimum atomic E-state index is -6.00. The Morgan fingerprint density at radius 1 is 0.615 bits per heavy atom. The van der Waals surface area contributed by atoms with Crippen LogP contribution in [0.25, 0.3) is 20.2 Å². The summed E-state index contributed by atoms with van der Waals surface area (Å²) in [6, 6.07) is 1.99. The van der Waals surface area contributed by atoms with Gasteiger partial charge in [0.2, 0.25) is 0 Å². The van der Waals surface area contributed by atoms with Crippen LogP contribution in [-0.2, 0) is 5.51 Å². The average molecular weight is 412 g/mol. The van der Waals surface area contributed by atoms with E-state index in [1.165, 1.54) is 0 Å². The van der Waals surface area contributed by atoms with Crippen LogP contribution >= 0.6 is 10.5 Å². The summed E-state index contributed by atoms with van der Waals surface area (Å²) in [4.78, 5) is 0. The van der Waals surface area contributed by atoms with Gasteiger partial charge in [-0.15, -0.1) is 13.2 Å². The lowest BCUT2D eigenvalue weighted by atomic mass is 10.1. The molecule has 0 aliphatic rings. The van der Waals surface area contributed by atoms with Crippen LogP contribution in [0.15, 0.2) is 24.3 Å². The molecule has 0 unspecified atom stereocenters. The summed E-state index contributed by atoms with van der Waals surface area (Å²) < 4.78 is 130. The molecule has 3 rings (SSSR count). The maximum atomic E-state index is 13.3. The summed E-state index contributed by atoms with van der Waals surface area (Å²) in [5.74, 6) is -5.58. The number of rotatable bonds is 0. The topological polar surface area (TPSA) is 0 Å². The van der Waals surface area contributed by atoms with Gasteiger partial charge in [-0.1, -0.05) is 0 Å². The fourth-order valence-corrected chi connectivity index (χ4v) is 4.14. The van der Waals surface area contributed by atoms with Crippen LogP contribution in [0.1, 0.15) is 0 Å². The Bertz CT molecular complexity index is 899. The number of halogens is 11. The minimum absolute atomic E-state index is 0.275. The summed E-state index contributed by atoms with van der Waals surface area (Å²) >= 11 is 0. The number of hydrogen-bond acceptors (Lipinski definition) is 0. The van der Waals surface area contributed by atoms with Crippen molar-refractivity contribution in [3.05, 3.63) is 47.5 Å². The molecule has 1 aromatic heterocycles. The third kappa shape index (κ3) is 4.19. The Morgan fingerprint density at radius 3 is 1.15 bits per heavy atom. The number of thiophene rings is 1. The van der Waals surface area contributed by atoms with Gasteiger partial charge in [-0.3, -0.25) is 0 Å². The zero-order chi connectivity index (χ0) is 20.0. The predicted octanol–water partition coefficient (Wildman–Crippen LogP) is 7.07. The van der Waals surface area contributed by atoms with Gasteiger partial charge in [0.15, 0.2) is 32.7 Å². The summed E-state index contributed by atoms with van der Waals surface area (Å²) in [6.45, 7) is 0. The van der Waals surface area contributed by atoms with Gasteiger partial charge in [-0.2, -0.15) is 0 Å². The van der Waals surface area contributed by atoms with Crippen LogP contribution < -0.4 is 0 Å². The quantitative estimate of drug-likeness (QED) is 0.211. The zero-order valence-electron chi connectivity index (χ0n) is 12.0. The molecule has 0 radical (unpaired) electrons. The monoisotopic (exact) mass is 412 g/mol. The molecule has 26 heavy (non-hydrogen) atoms. The van der Waals surface area contributed by atoms with E-state index in [9.17, 15) is 48.0 Å². The molecular weight excluding hydrogens is 408 g/mol. The molecule has 0 saturated carbocycles. The minimum Gasteiger partial charge on any atom is -0.418 e. The van der Waals surface area contributed by atoms with Crippen LogP contribution in [-0.4, -0.2) is 7.25 Å². The van der Waals surface area contributed by atoms with Crippen molar-refractivity contribution >= 4 is 37.9 Å². The maximum Gasteiger partial charge on any atom is 0.673 e. The van der Waals surface area contributed by atoms with Crippen molar-refractivity contribution in [3.8, 4) is 0 Å². The molecule has 0 saturated heterocycles. The highest BCUT2D eigenvalue weighted by Crippen LogP contribution is 2.54. The Morgan fingerprint density at radius 2 is 0.885 bits per heavy atom. The second-order valence-electron chi connectivity index (χ2n) is 4.77. The molecule has 1 heterocycles. The molecular formula is C13H4BF11S. The van der Waals surface area contributed by atoms with E-state index in [4.69, 9.17) is 0 Å². The number of benzene rings is 2. The summed E-state index contributed by atoms with van der Waals surface area (Å²) in [5, 5.41) is -0.549. The SMILES string of the molecule is F[B-](F)(F)F.Fc1cc2c3cc(F)c(F)cc3[s+](C(F)(F)F)c2cc1F. The van der Waals surface area contributed by atoms with Gasteiger partial charge >= 0.3 is 12.8 Å². The van der Waals surface area contributed by atoms with Crippen molar-refractivity contribution in [1.29, 1.82) is 0 Å². The number of fused-ring (bicyclic) bond motifs is 3. The second-order valence-corrected chi connectivity index (χ2v) is 6.73.